The number of benzene rings is 4. The summed E-state index contributed by atoms with van der Waals surface area (Å²) >= 11 is 13.1. The van der Waals surface area contributed by atoms with Crippen LogP contribution in [0.4, 0.5) is 4.79 Å². The number of hydrogen-bond donors (Lipinski definition) is 0. The molecule has 0 aliphatic carbocycles. The first-order valence-electron chi connectivity index (χ1n) is 11.4. The lowest BCUT2D eigenvalue weighted by Gasteiger charge is -2.13. The van der Waals surface area contributed by atoms with Crippen molar-refractivity contribution < 1.29 is 19.1 Å². The van der Waals surface area contributed by atoms with Crippen LogP contribution in [-0.2, 0) is 17.9 Å². The fraction of sp³-hybridized carbons (Fsp3) is 0.103. The number of hydrogen-bond acceptors (Lipinski definition) is 5. The summed E-state index contributed by atoms with van der Waals surface area (Å²) in [5.41, 5.74) is 2.40. The third-order valence-electron chi connectivity index (χ3n) is 5.91. The minimum atomic E-state index is -0.320. The van der Waals surface area contributed by atoms with Gasteiger partial charge < -0.3 is 9.47 Å². The number of rotatable bonds is 7. The second kappa shape index (κ2) is 10.9. The van der Waals surface area contributed by atoms with Crippen LogP contribution in [0.3, 0.4) is 0 Å². The molecule has 1 saturated heterocycles. The van der Waals surface area contributed by atoms with Gasteiger partial charge in [0.15, 0.2) is 11.5 Å². The Morgan fingerprint density at radius 2 is 1.70 bits per heavy atom. The molecule has 0 atom stereocenters. The van der Waals surface area contributed by atoms with Crippen molar-refractivity contribution in [1.82, 2.24) is 4.90 Å². The molecule has 0 unspecified atom stereocenters. The van der Waals surface area contributed by atoms with Gasteiger partial charge in [-0.25, -0.2) is 0 Å². The Morgan fingerprint density at radius 3 is 2.49 bits per heavy atom. The number of imide groups is 1. The lowest BCUT2D eigenvalue weighted by Crippen LogP contribution is -2.27. The average Bonchev–Trinajstić information content (AvgIpc) is 3.15. The minimum Gasteiger partial charge on any atom is -0.493 e. The molecule has 4 aromatic carbocycles. The number of ether oxygens (including phenoxy) is 2. The molecule has 1 fully saturated rings. The molecule has 1 aliphatic heterocycles. The standard InChI is InChI=1S/C29H21Cl2NO4S/c1-35-26-13-18(7-11-25(26)36-17-22-9-10-23(30)15-24(22)31)14-27-28(33)32(29(34)37-27)16-19-6-8-20-4-2-3-5-21(20)12-19/h2-15H,16-17H2,1H3. The molecule has 0 aromatic heterocycles. The van der Waals surface area contributed by atoms with Crippen LogP contribution in [0.5, 0.6) is 11.5 Å². The Labute approximate surface area is 228 Å². The summed E-state index contributed by atoms with van der Waals surface area (Å²) in [7, 11) is 1.54. The van der Waals surface area contributed by atoms with Gasteiger partial charge in [0, 0.05) is 15.6 Å². The van der Waals surface area contributed by atoms with E-state index in [4.69, 9.17) is 32.7 Å². The molecular weight excluding hydrogens is 529 g/mol. The maximum Gasteiger partial charge on any atom is 0.293 e. The van der Waals surface area contributed by atoms with Gasteiger partial charge in [-0.15, -0.1) is 0 Å². The molecule has 0 N–H and O–H groups in total. The highest BCUT2D eigenvalue weighted by molar-refractivity contribution is 8.18. The van der Waals surface area contributed by atoms with E-state index in [1.54, 1.807) is 49.6 Å². The van der Waals surface area contributed by atoms with Crippen molar-refractivity contribution in [2.75, 3.05) is 7.11 Å². The highest BCUT2D eigenvalue weighted by Gasteiger charge is 2.35. The molecule has 2 amide bonds. The minimum absolute atomic E-state index is 0.218. The SMILES string of the molecule is COc1cc(C=C2SC(=O)N(Cc3ccc4ccccc4c3)C2=O)ccc1OCc1ccc(Cl)cc1Cl. The molecule has 4 aromatic rings. The van der Waals surface area contributed by atoms with Crippen LogP contribution in [0.1, 0.15) is 16.7 Å². The van der Waals surface area contributed by atoms with E-state index in [2.05, 4.69) is 0 Å². The van der Waals surface area contributed by atoms with E-state index in [1.807, 2.05) is 42.5 Å². The number of halogens is 2. The van der Waals surface area contributed by atoms with Crippen molar-refractivity contribution in [2.45, 2.75) is 13.2 Å². The summed E-state index contributed by atoms with van der Waals surface area (Å²) in [5, 5.41) is 2.95. The topological polar surface area (TPSA) is 55.8 Å². The third-order valence-corrected chi connectivity index (χ3v) is 7.41. The van der Waals surface area contributed by atoms with Crippen LogP contribution in [0, 0.1) is 0 Å². The molecule has 1 heterocycles. The molecule has 5 rings (SSSR count). The van der Waals surface area contributed by atoms with Gasteiger partial charge in [-0.2, -0.15) is 0 Å². The van der Waals surface area contributed by atoms with Gasteiger partial charge in [0.05, 0.1) is 18.6 Å². The van der Waals surface area contributed by atoms with Gasteiger partial charge in [-0.05, 0) is 70.1 Å². The zero-order valence-electron chi connectivity index (χ0n) is 19.7. The maximum atomic E-state index is 13.1. The van der Waals surface area contributed by atoms with E-state index in [1.165, 1.54) is 4.90 Å². The second-order valence-electron chi connectivity index (χ2n) is 8.38. The zero-order chi connectivity index (χ0) is 25.9. The van der Waals surface area contributed by atoms with Gasteiger partial charge in [0.2, 0.25) is 0 Å². The number of fused-ring (bicyclic) bond motifs is 1. The van der Waals surface area contributed by atoms with Crippen LogP contribution in [0.15, 0.2) is 83.8 Å². The molecule has 0 radical (unpaired) electrons. The van der Waals surface area contributed by atoms with Crippen LogP contribution < -0.4 is 9.47 Å². The molecule has 8 heteroatoms. The summed E-state index contributed by atoms with van der Waals surface area (Å²) < 4.78 is 11.4. The second-order valence-corrected chi connectivity index (χ2v) is 10.2. The van der Waals surface area contributed by atoms with Crippen molar-refractivity contribution >= 4 is 63.0 Å². The highest BCUT2D eigenvalue weighted by Crippen LogP contribution is 2.36. The monoisotopic (exact) mass is 549 g/mol. The molecule has 0 saturated carbocycles. The van der Waals surface area contributed by atoms with E-state index in [-0.39, 0.29) is 24.3 Å². The zero-order valence-corrected chi connectivity index (χ0v) is 22.1. The predicted octanol–water partition coefficient (Wildman–Crippen LogP) is 7.97. The van der Waals surface area contributed by atoms with E-state index in [9.17, 15) is 9.59 Å². The first kappa shape index (κ1) is 25.2. The van der Waals surface area contributed by atoms with Gasteiger partial charge in [-0.3, -0.25) is 14.5 Å². The first-order chi connectivity index (χ1) is 17.9. The van der Waals surface area contributed by atoms with Crippen LogP contribution in [0.2, 0.25) is 10.0 Å². The lowest BCUT2D eigenvalue weighted by molar-refractivity contribution is -0.123. The Hall–Kier alpha value is -3.45. The first-order valence-corrected chi connectivity index (χ1v) is 13.0. The van der Waals surface area contributed by atoms with Gasteiger partial charge >= 0.3 is 0 Å². The Balaban J connectivity index is 1.31. The Morgan fingerprint density at radius 1 is 0.892 bits per heavy atom. The van der Waals surface area contributed by atoms with Gasteiger partial charge in [-0.1, -0.05) is 71.7 Å². The van der Waals surface area contributed by atoms with Crippen LogP contribution in [-0.4, -0.2) is 23.2 Å². The van der Waals surface area contributed by atoms with Crippen molar-refractivity contribution in [2.24, 2.45) is 0 Å². The van der Waals surface area contributed by atoms with Crippen LogP contribution >= 0.6 is 35.0 Å². The quantitative estimate of drug-likeness (QED) is 0.219. The lowest BCUT2D eigenvalue weighted by atomic mass is 10.1. The van der Waals surface area contributed by atoms with E-state index < -0.39 is 0 Å². The number of methoxy groups -OCH3 is 1. The summed E-state index contributed by atoms with van der Waals surface area (Å²) in [6, 6.07) is 24.5. The molecule has 37 heavy (non-hydrogen) atoms. The fourth-order valence-corrected chi connectivity index (χ4v) is 5.30. The molecule has 5 nitrogen and oxygen atoms in total. The number of amides is 2. The predicted molar refractivity (Wildman–Crippen MR) is 149 cm³/mol. The number of carbonyl (C=O) groups excluding carboxylic acids is 2. The highest BCUT2D eigenvalue weighted by atomic mass is 35.5. The molecule has 186 valence electrons. The Bertz CT molecular complexity index is 1550. The van der Waals surface area contributed by atoms with Crippen LogP contribution in [0.25, 0.3) is 16.8 Å². The summed E-state index contributed by atoms with van der Waals surface area (Å²) in [6.45, 7) is 0.454. The molecule has 0 bridgehead atoms. The summed E-state index contributed by atoms with van der Waals surface area (Å²) in [4.78, 5) is 27.4. The number of thioether (sulfide) groups is 1. The molecule has 0 spiro atoms. The normalized spacial score (nSPS) is 14.6. The van der Waals surface area contributed by atoms with Gasteiger partial charge in [0.25, 0.3) is 11.1 Å². The largest absolute Gasteiger partial charge is 0.493 e. The van der Waals surface area contributed by atoms with Crippen molar-refractivity contribution in [1.29, 1.82) is 0 Å². The smallest absolute Gasteiger partial charge is 0.293 e. The average molecular weight is 550 g/mol. The van der Waals surface area contributed by atoms with Crippen molar-refractivity contribution in [3.8, 4) is 11.5 Å². The van der Waals surface area contributed by atoms with E-state index in [0.717, 1.165) is 33.7 Å². The van der Waals surface area contributed by atoms with E-state index in [0.29, 0.717) is 32.0 Å². The number of carbonyl (C=O) groups is 2. The Kier molecular flexibility index (Phi) is 7.42. The summed E-state index contributed by atoms with van der Waals surface area (Å²) in [5.74, 6) is 0.698. The molecular formula is C29H21Cl2NO4S. The number of nitrogens with zero attached hydrogens (tertiary/aromatic N) is 1. The van der Waals surface area contributed by atoms with E-state index >= 15 is 0 Å². The maximum absolute atomic E-state index is 13.1. The van der Waals surface area contributed by atoms with Crippen molar-refractivity contribution in [3.05, 3.63) is 111 Å². The van der Waals surface area contributed by atoms with Gasteiger partial charge in [0.1, 0.15) is 6.61 Å². The third kappa shape index (κ3) is 5.62. The summed E-state index contributed by atoms with van der Waals surface area (Å²) in [6.07, 6.45) is 1.69. The van der Waals surface area contributed by atoms with Crippen molar-refractivity contribution in [3.63, 3.8) is 0 Å². The fourth-order valence-electron chi connectivity index (χ4n) is 3.99. The molecule has 1 aliphatic rings.